The number of aliphatic carboxylic acids is 1. The van der Waals surface area contributed by atoms with Crippen molar-refractivity contribution in [3.05, 3.63) is 30.1 Å². The maximum absolute atomic E-state index is 11.5. The van der Waals surface area contributed by atoms with Crippen LogP contribution in [0.15, 0.2) is 24.3 Å². The lowest BCUT2D eigenvalue weighted by Gasteiger charge is -2.20. The average molecular weight is 257 g/mol. The number of nitriles is 1. The number of benzene rings is 1. The van der Waals surface area contributed by atoms with Crippen LogP contribution >= 0.6 is 0 Å². The predicted octanol–water partition coefficient (Wildman–Crippen LogP) is 2.38. The van der Waals surface area contributed by atoms with Gasteiger partial charge in [0.15, 0.2) is 0 Å². The second kappa shape index (κ2) is 5.11. The molecular weight excluding hydrogens is 242 g/mol. The number of para-hydroxylation sites is 2. The van der Waals surface area contributed by atoms with Crippen molar-refractivity contribution in [2.75, 3.05) is 0 Å². The number of rotatable bonds is 4. The molecule has 0 saturated carbocycles. The summed E-state index contributed by atoms with van der Waals surface area (Å²) in [7, 11) is 0. The molecule has 2 rings (SSSR count). The SMILES string of the molecule is CC(C)C(C(=O)O)n1c(CC#N)nc2ccccc21. The largest absolute Gasteiger partial charge is 0.480 e. The highest BCUT2D eigenvalue weighted by Gasteiger charge is 2.27. The quantitative estimate of drug-likeness (QED) is 0.912. The topological polar surface area (TPSA) is 78.9 Å². The van der Waals surface area contributed by atoms with Crippen LogP contribution in [-0.2, 0) is 11.2 Å². The van der Waals surface area contributed by atoms with Crippen molar-refractivity contribution in [3.63, 3.8) is 0 Å². The van der Waals surface area contributed by atoms with Crippen LogP contribution in [-0.4, -0.2) is 20.6 Å². The minimum Gasteiger partial charge on any atom is -0.480 e. The second-order valence-corrected chi connectivity index (χ2v) is 4.75. The van der Waals surface area contributed by atoms with E-state index in [1.807, 2.05) is 44.2 Å². The zero-order valence-electron chi connectivity index (χ0n) is 10.9. The van der Waals surface area contributed by atoms with E-state index in [0.29, 0.717) is 5.82 Å². The molecule has 0 amide bonds. The van der Waals surface area contributed by atoms with Crippen molar-refractivity contribution in [2.24, 2.45) is 5.92 Å². The number of aromatic nitrogens is 2. The van der Waals surface area contributed by atoms with Crippen LogP contribution < -0.4 is 0 Å². The van der Waals surface area contributed by atoms with Crippen molar-refractivity contribution in [1.29, 1.82) is 5.26 Å². The molecule has 1 aromatic carbocycles. The Labute approximate surface area is 111 Å². The van der Waals surface area contributed by atoms with Crippen LogP contribution in [0.3, 0.4) is 0 Å². The van der Waals surface area contributed by atoms with Gasteiger partial charge in [-0.3, -0.25) is 0 Å². The number of nitrogens with zero attached hydrogens (tertiary/aromatic N) is 3. The molecule has 1 unspecified atom stereocenters. The predicted molar refractivity (Wildman–Crippen MR) is 70.6 cm³/mol. The summed E-state index contributed by atoms with van der Waals surface area (Å²) >= 11 is 0. The normalized spacial score (nSPS) is 12.5. The molecule has 0 fully saturated rings. The number of carbonyl (C=O) groups is 1. The van der Waals surface area contributed by atoms with Gasteiger partial charge >= 0.3 is 5.97 Å². The number of hydrogen-bond donors (Lipinski definition) is 1. The number of fused-ring (bicyclic) bond motifs is 1. The van der Waals surface area contributed by atoms with Gasteiger partial charge in [0.2, 0.25) is 0 Å². The fraction of sp³-hybridized carbons (Fsp3) is 0.357. The van der Waals surface area contributed by atoms with Gasteiger partial charge in [-0.1, -0.05) is 26.0 Å². The smallest absolute Gasteiger partial charge is 0.327 e. The number of imidazole rings is 1. The van der Waals surface area contributed by atoms with Gasteiger partial charge in [-0.25, -0.2) is 9.78 Å². The van der Waals surface area contributed by atoms with E-state index in [9.17, 15) is 9.90 Å². The molecule has 5 heteroatoms. The van der Waals surface area contributed by atoms with E-state index in [4.69, 9.17) is 5.26 Å². The van der Waals surface area contributed by atoms with Crippen molar-refractivity contribution >= 4 is 17.0 Å². The summed E-state index contributed by atoms with van der Waals surface area (Å²) in [6.07, 6.45) is 0.102. The maximum atomic E-state index is 11.5. The maximum Gasteiger partial charge on any atom is 0.327 e. The molecule has 0 aliphatic carbocycles. The Bertz CT molecular complexity index is 652. The Hall–Kier alpha value is -2.35. The van der Waals surface area contributed by atoms with Crippen molar-refractivity contribution in [3.8, 4) is 6.07 Å². The molecule has 0 aliphatic heterocycles. The third kappa shape index (κ3) is 2.29. The zero-order chi connectivity index (χ0) is 14.0. The molecule has 0 aliphatic rings. The van der Waals surface area contributed by atoms with E-state index in [0.717, 1.165) is 11.0 Å². The molecule has 0 spiro atoms. The van der Waals surface area contributed by atoms with Crippen LogP contribution in [0.5, 0.6) is 0 Å². The molecular formula is C14H15N3O2. The van der Waals surface area contributed by atoms with Gasteiger partial charge in [-0.2, -0.15) is 5.26 Å². The highest BCUT2D eigenvalue weighted by atomic mass is 16.4. The van der Waals surface area contributed by atoms with Crippen molar-refractivity contribution < 1.29 is 9.90 Å². The first-order chi connectivity index (χ1) is 9.06. The van der Waals surface area contributed by atoms with E-state index >= 15 is 0 Å². The fourth-order valence-corrected chi connectivity index (χ4v) is 2.29. The minimum atomic E-state index is -0.905. The van der Waals surface area contributed by atoms with E-state index in [2.05, 4.69) is 4.98 Å². The Morgan fingerprint density at radius 1 is 1.47 bits per heavy atom. The second-order valence-electron chi connectivity index (χ2n) is 4.75. The Morgan fingerprint density at radius 3 is 2.74 bits per heavy atom. The Morgan fingerprint density at radius 2 is 2.16 bits per heavy atom. The van der Waals surface area contributed by atoms with Gasteiger partial charge in [0.25, 0.3) is 0 Å². The summed E-state index contributed by atoms with van der Waals surface area (Å²) in [6, 6.07) is 8.68. The first kappa shape index (κ1) is 13.1. The van der Waals surface area contributed by atoms with Crippen LogP contribution in [0, 0.1) is 17.2 Å². The van der Waals surface area contributed by atoms with Crippen LogP contribution in [0.4, 0.5) is 0 Å². The minimum absolute atomic E-state index is 0.0902. The highest BCUT2D eigenvalue weighted by Crippen LogP contribution is 2.26. The fourth-order valence-electron chi connectivity index (χ4n) is 2.29. The summed E-state index contributed by atoms with van der Waals surface area (Å²) in [5.74, 6) is -0.491. The number of carboxylic acids is 1. The molecule has 5 nitrogen and oxygen atoms in total. The zero-order valence-corrected chi connectivity index (χ0v) is 10.9. The average Bonchev–Trinajstić information content (AvgIpc) is 2.68. The Balaban J connectivity index is 2.71. The van der Waals surface area contributed by atoms with Crippen LogP contribution in [0.2, 0.25) is 0 Å². The van der Waals surface area contributed by atoms with Crippen LogP contribution in [0.25, 0.3) is 11.0 Å². The molecule has 1 atom stereocenters. The summed E-state index contributed by atoms with van der Waals surface area (Å²) in [6.45, 7) is 3.70. The Kier molecular flexibility index (Phi) is 3.52. The van der Waals surface area contributed by atoms with Gasteiger partial charge in [0.1, 0.15) is 11.9 Å². The monoisotopic (exact) mass is 257 g/mol. The number of carboxylic acid groups (broad SMARTS) is 1. The van der Waals surface area contributed by atoms with Gasteiger partial charge in [-0.05, 0) is 18.1 Å². The summed E-state index contributed by atoms with van der Waals surface area (Å²) in [4.78, 5) is 15.9. The van der Waals surface area contributed by atoms with E-state index in [1.165, 1.54) is 0 Å². The summed E-state index contributed by atoms with van der Waals surface area (Å²) < 4.78 is 1.67. The highest BCUT2D eigenvalue weighted by molar-refractivity contribution is 5.80. The first-order valence-electron chi connectivity index (χ1n) is 6.12. The van der Waals surface area contributed by atoms with Crippen LogP contribution in [0.1, 0.15) is 25.7 Å². The third-order valence-electron chi connectivity index (χ3n) is 3.07. The lowest BCUT2D eigenvalue weighted by Crippen LogP contribution is -2.25. The first-order valence-corrected chi connectivity index (χ1v) is 6.12. The molecule has 2 aromatic rings. The molecule has 0 saturated heterocycles. The lowest BCUT2D eigenvalue weighted by atomic mass is 10.0. The molecule has 19 heavy (non-hydrogen) atoms. The van der Waals surface area contributed by atoms with Gasteiger partial charge in [-0.15, -0.1) is 0 Å². The molecule has 1 N–H and O–H groups in total. The number of hydrogen-bond acceptors (Lipinski definition) is 3. The summed E-state index contributed by atoms with van der Waals surface area (Å²) in [5.41, 5.74) is 1.48. The van der Waals surface area contributed by atoms with Gasteiger partial charge in [0.05, 0.1) is 23.5 Å². The molecule has 1 aromatic heterocycles. The molecule has 0 bridgehead atoms. The molecule has 98 valence electrons. The molecule has 1 heterocycles. The lowest BCUT2D eigenvalue weighted by molar-refractivity contribution is -0.142. The van der Waals surface area contributed by atoms with Crippen molar-refractivity contribution in [1.82, 2.24) is 9.55 Å². The van der Waals surface area contributed by atoms with E-state index < -0.39 is 12.0 Å². The third-order valence-corrected chi connectivity index (χ3v) is 3.07. The summed E-state index contributed by atoms with van der Waals surface area (Å²) in [5, 5.41) is 18.3. The van der Waals surface area contributed by atoms with E-state index in [-0.39, 0.29) is 12.3 Å². The van der Waals surface area contributed by atoms with E-state index in [1.54, 1.807) is 4.57 Å². The van der Waals surface area contributed by atoms with Crippen molar-refractivity contribution in [2.45, 2.75) is 26.3 Å². The van der Waals surface area contributed by atoms with Gasteiger partial charge < -0.3 is 9.67 Å². The van der Waals surface area contributed by atoms with Gasteiger partial charge in [0, 0.05) is 0 Å². The molecule has 0 radical (unpaired) electrons. The standard InChI is InChI=1S/C14H15N3O2/c1-9(2)13(14(18)19)17-11-6-4-3-5-10(11)16-12(17)7-8-15/h3-6,9,13H,7H2,1-2H3,(H,18,19).